The fourth-order valence-corrected chi connectivity index (χ4v) is 2.90. The predicted molar refractivity (Wildman–Crippen MR) is 67.7 cm³/mol. The summed E-state index contributed by atoms with van der Waals surface area (Å²) in [5, 5.41) is 2.00. The van der Waals surface area contributed by atoms with Gasteiger partial charge in [0.2, 0.25) is 11.8 Å². The molecule has 0 saturated carbocycles. The van der Waals surface area contributed by atoms with Crippen molar-refractivity contribution in [1.82, 2.24) is 5.32 Å². The molecule has 1 aromatic carbocycles. The van der Waals surface area contributed by atoms with Gasteiger partial charge in [0, 0.05) is 4.47 Å². The maximum Gasteiger partial charge on any atom is 0.416 e. The van der Waals surface area contributed by atoms with E-state index in [0.717, 1.165) is 6.07 Å². The molecule has 3 nitrogen and oxygen atoms in total. The summed E-state index contributed by atoms with van der Waals surface area (Å²) >= 11 is 5.91. The summed E-state index contributed by atoms with van der Waals surface area (Å²) in [6.45, 7) is 0. The molecule has 1 aliphatic rings. The quantitative estimate of drug-likeness (QED) is 0.582. The summed E-state index contributed by atoms with van der Waals surface area (Å²) in [5.41, 5.74) is -1.15. The molecule has 2 rings (SSSR count). The van der Waals surface area contributed by atoms with E-state index in [2.05, 4.69) is 31.9 Å². The van der Waals surface area contributed by atoms with Crippen LogP contribution >= 0.6 is 31.9 Å². The molecule has 2 unspecified atom stereocenters. The molecule has 2 amide bonds. The average Bonchev–Trinajstić information content (AvgIpc) is 2.53. The minimum atomic E-state index is -4.60. The number of imide groups is 1. The van der Waals surface area contributed by atoms with Crippen LogP contribution in [-0.4, -0.2) is 16.6 Å². The van der Waals surface area contributed by atoms with E-state index in [1.165, 1.54) is 12.1 Å². The fourth-order valence-electron chi connectivity index (χ4n) is 1.90. The molecule has 0 aliphatic carbocycles. The number of hydrogen-bond donors (Lipinski definition) is 1. The molecule has 19 heavy (non-hydrogen) atoms. The lowest BCUT2D eigenvalue weighted by Gasteiger charge is -2.17. The number of alkyl halides is 4. The van der Waals surface area contributed by atoms with Gasteiger partial charge in [0.25, 0.3) is 0 Å². The summed E-state index contributed by atoms with van der Waals surface area (Å²) in [6, 6.07) is 3.50. The SMILES string of the molecule is O=C1NC(=O)C(c2ccc(Br)cc2C(F)(F)F)C1Br. The van der Waals surface area contributed by atoms with Crippen molar-refractivity contribution in [3.05, 3.63) is 33.8 Å². The van der Waals surface area contributed by atoms with Crippen molar-refractivity contribution < 1.29 is 22.8 Å². The van der Waals surface area contributed by atoms with Crippen LogP contribution in [0.25, 0.3) is 0 Å². The first-order valence-corrected chi connectivity index (χ1v) is 6.78. The van der Waals surface area contributed by atoms with Crippen molar-refractivity contribution >= 4 is 43.7 Å². The van der Waals surface area contributed by atoms with Crippen LogP contribution < -0.4 is 5.32 Å². The zero-order chi connectivity index (χ0) is 14.4. The third-order valence-corrected chi connectivity index (χ3v) is 4.17. The molecule has 1 fully saturated rings. The first-order valence-electron chi connectivity index (χ1n) is 5.07. The van der Waals surface area contributed by atoms with E-state index in [-0.39, 0.29) is 10.0 Å². The Kier molecular flexibility index (Phi) is 3.74. The van der Waals surface area contributed by atoms with Crippen molar-refractivity contribution in [2.75, 3.05) is 0 Å². The number of carbonyl (C=O) groups excluding carboxylic acids is 2. The second-order valence-corrected chi connectivity index (χ2v) is 5.86. The normalized spacial score (nSPS) is 23.6. The van der Waals surface area contributed by atoms with Crippen LogP contribution in [0, 0.1) is 0 Å². The van der Waals surface area contributed by atoms with E-state index < -0.39 is 34.3 Å². The van der Waals surface area contributed by atoms with Gasteiger partial charge in [-0.2, -0.15) is 13.2 Å². The van der Waals surface area contributed by atoms with E-state index in [1.54, 1.807) is 0 Å². The molecule has 0 radical (unpaired) electrons. The molecule has 102 valence electrons. The highest BCUT2D eigenvalue weighted by Crippen LogP contribution is 2.40. The van der Waals surface area contributed by atoms with E-state index in [0.29, 0.717) is 0 Å². The standard InChI is InChI=1S/C11H6Br2F3NO2/c12-4-1-2-5(6(3-4)11(14,15)16)7-8(13)10(19)17-9(7)18/h1-3,7-8H,(H,17,18,19). The van der Waals surface area contributed by atoms with Crippen molar-refractivity contribution in [3.8, 4) is 0 Å². The first kappa shape index (κ1) is 14.5. The second-order valence-electron chi connectivity index (χ2n) is 3.96. The van der Waals surface area contributed by atoms with Gasteiger partial charge in [0.05, 0.1) is 11.5 Å². The van der Waals surface area contributed by atoms with Gasteiger partial charge in [-0.3, -0.25) is 14.9 Å². The van der Waals surface area contributed by atoms with E-state index >= 15 is 0 Å². The minimum absolute atomic E-state index is 0.221. The average molecular weight is 401 g/mol. The Morgan fingerprint density at radius 3 is 2.26 bits per heavy atom. The zero-order valence-corrected chi connectivity index (χ0v) is 12.3. The smallest absolute Gasteiger partial charge is 0.295 e. The topological polar surface area (TPSA) is 46.2 Å². The number of rotatable bonds is 1. The summed E-state index contributed by atoms with van der Waals surface area (Å²) in [5.74, 6) is -2.55. The second kappa shape index (κ2) is 4.90. The highest BCUT2D eigenvalue weighted by atomic mass is 79.9. The van der Waals surface area contributed by atoms with Gasteiger partial charge in [-0.15, -0.1) is 0 Å². The number of halogens is 5. The first-order chi connectivity index (χ1) is 8.71. The summed E-state index contributed by atoms with van der Waals surface area (Å²) in [4.78, 5) is 21.9. The number of nitrogens with one attached hydrogen (secondary N) is 1. The highest BCUT2D eigenvalue weighted by molar-refractivity contribution is 9.10. The summed E-state index contributed by atoms with van der Waals surface area (Å²) in [6.07, 6.45) is -4.60. The van der Waals surface area contributed by atoms with Crippen LogP contribution in [0.2, 0.25) is 0 Å². The highest BCUT2D eigenvalue weighted by Gasteiger charge is 2.45. The third kappa shape index (κ3) is 2.69. The Balaban J connectivity index is 2.57. The van der Waals surface area contributed by atoms with E-state index in [1.807, 2.05) is 5.32 Å². The molecule has 0 spiro atoms. The number of benzene rings is 1. The van der Waals surface area contributed by atoms with Crippen molar-refractivity contribution in [2.45, 2.75) is 16.9 Å². The largest absolute Gasteiger partial charge is 0.416 e. The van der Waals surface area contributed by atoms with E-state index in [9.17, 15) is 22.8 Å². The number of hydrogen-bond acceptors (Lipinski definition) is 2. The molecule has 8 heteroatoms. The zero-order valence-electron chi connectivity index (χ0n) is 9.09. The molecular formula is C11H6Br2F3NO2. The monoisotopic (exact) mass is 399 g/mol. The summed E-state index contributed by atoms with van der Waals surface area (Å²) < 4.78 is 39.2. The molecule has 1 saturated heterocycles. The Hall–Kier alpha value is -0.890. The molecule has 1 aromatic rings. The number of amides is 2. The Morgan fingerprint density at radius 1 is 1.16 bits per heavy atom. The van der Waals surface area contributed by atoms with Gasteiger partial charge in [0.1, 0.15) is 4.83 Å². The van der Waals surface area contributed by atoms with Gasteiger partial charge in [0.15, 0.2) is 0 Å². The van der Waals surface area contributed by atoms with Crippen LogP contribution in [0.5, 0.6) is 0 Å². The molecule has 0 aromatic heterocycles. The minimum Gasteiger partial charge on any atom is -0.295 e. The van der Waals surface area contributed by atoms with Gasteiger partial charge < -0.3 is 0 Å². The van der Waals surface area contributed by atoms with Gasteiger partial charge in [-0.05, 0) is 17.7 Å². The Bertz CT molecular complexity index is 559. The molecule has 2 atom stereocenters. The molecular weight excluding hydrogens is 395 g/mol. The van der Waals surface area contributed by atoms with Crippen molar-refractivity contribution in [3.63, 3.8) is 0 Å². The number of carbonyl (C=O) groups is 2. The summed E-state index contributed by atoms with van der Waals surface area (Å²) in [7, 11) is 0. The van der Waals surface area contributed by atoms with Gasteiger partial charge in [-0.1, -0.05) is 37.9 Å². The van der Waals surface area contributed by atoms with Gasteiger partial charge >= 0.3 is 6.18 Å². The molecule has 0 bridgehead atoms. The predicted octanol–water partition coefficient (Wildman–Crippen LogP) is 2.97. The lowest BCUT2D eigenvalue weighted by atomic mass is 9.92. The van der Waals surface area contributed by atoms with Crippen molar-refractivity contribution in [2.24, 2.45) is 0 Å². The van der Waals surface area contributed by atoms with Gasteiger partial charge in [-0.25, -0.2) is 0 Å². The van der Waals surface area contributed by atoms with Crippen LogP contribution in [-0.2, 0) is 15.8 Å². The van der Waals surface area contributed by atoms with Crippen molar-refractivity contribution in [1.29, 1.82) is 0 Å². The maximum absolute atomic E-state index is 13.0. The fraction of sp³-hybridized carbons (Fsp3) is 0.273. The molecule has 1 N–H and O–H groups in total. The van der Waals surface area contributed by atoms with Crippen LogP contribution in [0.15, 0.2) is 22.7 Å². The lowest BCUT2D eigenvalue weighted by molar-refractivity contribution is -0.138. The van der Waals surface area contributed by atoms with Crippen LogP contribution in [0.3, 0.4) is 0 Å². The van der Waals surface area contributed by atoms with Crippen LogP contribution in [0.4, 0.5) is 13.2 Å². The molecule has 1 aliphatic heterocycles. The Morgan fingerprint density at radius 2 is 1.79 bits per heavy atom. The maximum atomic E-state index is 13.0. The van der Waals surface area contributed by atoms with E-state index in [4.69, 9.17) is 0 Å². The lowest BCUT2D eigenvalue weighted by Crippen LogP contribution is -2.22. The Labute approximate surface area is 122 Å². The van der Waals surface area contributed by atoms with Crippen LogP contribution in [0.1, 0.15) is 17.0 Å². The molecule has 1 heterocycles. The third-order valence-electron chi connectivity index (χ3n) is 2.73.